The van der Waals surface area contributed by atoms with Crippen molar-refractivity contribution in [2.45, 2.75) is 32.5 Å². The normalized spacial score (nSPS) is 20.1. The Hall–Kier alpha value is -1.88. The lowest BCUT2D eigenvalue weighted by Crippen LogP contribution is -2.62. The fraction of sp³-hybridized carbons (Fsp3) is 0.500. The summed E-state index contributed by atoms with van der Waals surface area (Å²) in [5.74, 6) is 0.0594. The number of nitrogens with zero attached hydrogens (tertiary/aromatic N) is 2. The Bertz CT molecular complexity index is 502. The molecule has 0 radical (unpaired) electrons. The van der Waals surface area contributed by atoms with E-state index in [9.17, 15) is 9.59 Å². The minimum atomic E-state index is -0.522. The van der Waals surface area contributed by atoms with Gasteiger partial charge in [-0.15, -0.1) is 0 Å². The van der Waals surface area contributed by atoms with E-state index in [2.05, 4.69) is 0 Å². The van der Waals surface area contributed by atoms with Gasteiger partial charge >= 0.3 is 0 Å². The van der Waals surface area contributed by atoms with Gasteiger partial charge in [0.2, 0.25) is 5.91 Å². The van der Waals surface area contributed by atoms with Crippen LogP contribution in [0.2, 0.25) is 0 Å². The molecule has 0 aromatic heterocycles. The number of carbonyl (C=O) groups is 2. The Balaban J connectivity index is 2.26. The first kappa shape index (κ1) is 15.5. The van der Waals surface area contributed by atoms with Crippen LogP contribution in [0.4, 0.5) is 0 Å². The van der Waals surface area contributed by atoms with Gasteiger partial charge in [0.25, 0.3) is 6.47 Å². The molecule has 21 heavy (non-hydrogen) atoms. The minimum Gasteiger partial charge on any atom is -0.444 e. The number of likely N-dealkylation sites (N-methyl/N-ethyl adjacent to an activating group) is 1. The highest BCUT2D eigenvalue weighted by Crippen LogP contribution is 2.29. The van der Waals surface area contributed by atoms with Crippen LogP contribution in [0.25, 0.3) is 0 Å². The number of ether oxygens (including phenoxy) is 1. The summed E-state index contributed by atoms with van der Waals surface area (Å²) in [6.45, 7) is 8.08. The quantitative estimate of drug-likeness (QED) is 0.776. The molecular weight excluding hydrogens is 268 g/mol. The van der Waals surface area contributed by atoms with Gasteiger partial charge in [0.05, 0.1) is 12.1 Å². The molecule has 0 N–H and O–H groups in total. The number of benzene rings is 1. The van der Waals surface area contributed by atoms with Crippen molar-refractivity contribution >= 4 is 12.4 Å². The van der Waals surface area contributed by atoms with Crippen molar-refractivity contribution in [1.29, 1.82) is 0 Å². The summed E-state index contributed by atoms with van der Waals surface area (Å²) in [4.78, 5) is 27.0. The van der Waals surface area contributed by atoms with Gasteiger partial charge < -0.3 is 9.64 Å². The molecule has 0 bridgehead atoms. The summed E-state index contributed by atoms with van der Waals surface area (Å²) in [6.07, 6.45) is -0.522. The number of carbonyl (C=O) groups excluding carboxylic acids is 2. The van der Waals surface area contributed by atoms with Crippen molar-refractivity contribution in [3.63, 3.8) is 0 Å². The molecule has 1 amide bonds. The smallest absolute Gasteiger partial charge is 0.294 e. The Morgan fingerprint density at radius 2 is 2.00 bits per heavy atom. The first-order chi connectivity index (χ1) is 9.99. The largest absolute Gasteiger partial charge is 0.444 e. The van der Waals surface area contributed by atoms with Gasteiger partial charge in [0, 0.05) is 18.7 Å². The summed E-state index contributed by atoms with van der Waals surface area (Å²) in [7, 11) is 0. The average Bonchev–Trinajstić information content (AvgIpc) is 2.44. The number of piperazine rings is 1. The Kier molecular flexibility index (Phi) is 4.63. The summed E-state index contributed by atoms with van der Waals surface area (Å²) in [5, 5.41) is 0. The van der Waals surface area contributed by atoms with Crippen LogP contribution in [0.5, 0.6) is 0 Å². The summed E-state index contributed by atoms with van der Waals surface area (Å²) < 4.78 is 5.25. The lowest BCUT2D eigenvalue weighted by molar-refractivity contribution is -0.163. The van der Waals surface area contributed by atoms with Crippen LogP contribution in [-0.2, 0) is 14.3 Å². The lowest BCUT2D eigenvalue weighted by atomic mass is 9.97. The molecule has 1 aliphatic heterocycles. The maximum absolute atomic E-state index is 12.3. The van der Waals surface area contributed by atoms with E-state index in [0.29, 0.717) is 19.6 Å². The highest BCUT2D eigenvalue weighted by Gasteiger charge is 2.40. The van der Waals surface area contributed by atoms with Crippen LogP contribution in [-0.4, -0.2) is 47.4 Å². The maximum atomic E-state index is 12.3. The molecule has 114 valence electrons. The van der Waals surface area contributed by atoms with Gasteiger partial charge in [-0.3, -0.25) is 14.5 Å². The van der Waals surface area contributed by atoms with Gasteiger partial charge in [-0.05, 0) is 20.8 Å². The van der Waals surface area contributed by atoms with E-state index >= 15 is 0 Å². The van der Waals surface area contributed by atoms with Crippen LogP contribution >= 0.6 is 0 Å². The minimum absolute atomic E-state index is 0.0594. The predicted octanol–water partition coefficient (Wildman–Crippen LogP) is 1.80. The fourth-order valence-corrected chi connectivity index (χ4v) is 3.05. The summed E-state index contributed by atoms with van der Waals surface area (Å²) >= 11 is 0. The third-order valence-electron chi connectivity index (χ3n) is 3.88. The van der Waals surface area contributed by atoms with Gasteiger partial charge in [-0.1, -0.05) is 30.3 Å². The Morgan fingerprint density at radius 1 is 1.33 bits per heavy atom. The topological polar surface area (TPSA) is 49.9 Å². The molecular formula is C16H22N2O3. The van der Waals surface area contributed by atoms with E-state index in [1.54, 1.807) is 0 Å². The van der Waals surface area contributed by atoms with E-state index in [0.717, 1.165) is 5.56 Å². The summed E-state index contributed by atoms with van der Waals surface area (Å²) in [6, 6.07) is 9.50. The van der Waals surface area contributed by atoms with Crippen molar-refractivity contribution < 1.29 is 14.3 Å². The van der Waals surface area contributed by atoms with Crippen LogP contribution in [0.1, 0.15) is 32.6 Å². The molecule has 0 spiro atoms. The first-order valence-corrected chi connectivity index (χ1v) is 7.18. The molecule has 5 nitrogen and oxygen atoms in total. The molecule has 1 unspecified atom stereocenters. The van der Waals surface area contributed by atoms with Crippen molar-refractivity contribution in [2.75, 3.05) is 19.6 Å². The second-order valence-corrected chi connectivity index (χ2v) is 5.85. The standard InChI is InChI=1S/C16H22N2O3/c1-4-18-14(20)10-17(11-16(18,2)3)15(21-12-19)13-8-6-5-7-9-13/h5-9,12,15H,4,10-11H2,1-3H3. The Morgan fingerprint density at radius 3 is 2.52 bits per heavy atom. The molecule has 1 heterocycles. The van der Waals surface area contributed by atoms with E-state index in [1.165, 1.54) is 0 Å². The second kappa shape index (κ2) is 6.26. The van der Waals surface area contributed by atoms with E-state index in [4.69, 9.17) is 4.74 Å². The van der Waals surface area contributed by atoms with Crippen molar-refractivity contribution in [1.82, 2.24) is 9.80 Å². The molecule has 1 aromatic carbocycles. The van der Waals surface area contributed by atoms with Crippen LogP contribution in [0.3, 0.4) is 0 Å². The van der Waals surface area contributed by atoms with Crippen LogP contribution < -0.4 is 0 Å². The third kappa shape index (κ3) is 3.24. The zero-order valence-electron chi connectivity index (χ0n) is 12.8. The van der Waals surface area contributed by atoms with Crippen LogP contribution in [0.15, 0.2) is 30.3 Å². The van der Waals surface area contributed by atoms with Crippen molar-refractivity contribution in [3.05, 3.63) is 35.9 Å². The number of hydrogen-bond acceptors (Lipinski definition) is 4. The van der Waals surface area contributed by atoms with Gasteiger partial charge in [-0.25, -0.2) is 0 Å². The van der Waals surface area contributed by atoms with Gasteiger partial charge in [0.15, 0.2) is 6.23 Å². The SMILES string of the molecule is CCN1C(=O)CN(C(OC=O)c2ccccc2)CC1(C)C. The predicted molar refractivity (Wildman–Crippen MR) is 79.4 cm³/mol. The Labute approximate surface area is 125 Å². The zero-order chi connectivity index (χ0) is 15.5. The highest BCUT2D eigenvalue weighted by molar-refractivity contribution is 5.80. The van der Waals surface area contributed by atoms with E-state index in [1.807, 2.05) is 60.9 Å². The van der Waals surface area contributed by atoms with Crippen LogP contribution in [0, 0.1) is 0 Å². The summed E-state index contributed by atoms with van der Waals surface area (Å²) in [5.41, 5.74) is 0.585. The molecule has 0 saturated carbocycles. The number of rotatable bonds is 5. The van der Waals surface area contributed by atoms with Gasteiger partial charge in [0.1, 0.15) is 0 Å². The van der Waals surface area contributed by atoms with Crippen molar-refractivity contribution in [3.8, 4) is 0 Å². The molecule has 1 aliphatic rings. The molecule has 2 rings (SSSR count). The number of amides is 1. The third-order valence-corrected chi connectivity index (χ3v) is 3.88. The van der Waals surface area contributed by atoms with E-state index < -0.39 is 6.23 Å². The number of hydrogen-bond donors (Lipinski definition) is 0. The molecule has 1 atom stereocenters. The molecule has 1 fully saturated rings. The monoisotopic (exact) mass is 290 g/mol. The lowest BCUT2D eigenvalue weighted by Gasteiger charge is -2.48. The molecule has 1 saturated heterocycles. The fourth-order valence-electron chi connectivity index (χ4n) is 3.05. The first-order valence-electron chi connectivity index (χ1n) is 7.18. The second-order valence-electron chi connectivity index (χ2n) is 5.85. The molecule has 5 heteroatoms. The molecule has 0 aliphatic carbocycles. The highest BCUT2D eigenvalue weighted by atomic mass is 16.5. The van der Waals surface area contributed by atoms with Gasteiger partial charge in [-0.2, -0.15) is 0 Å². The van der Waals surface area contributed by atoms with E-state index in [-0.39, 0.29) is 18.0 Å². The average molecular weight is 290 g/mol. The molecule has 1 aromatic rings. The van der Waals surface area contributed by atoms with Crippen molar-refractivity contribution in [2.24, 2.45) is 0 Å². The maximum Gasteiger partial charge on any atom is 0.294 e. The zero-order valence-corrected chi connectivity index (χ0v) is 12.8.